The Bertz CT molecular complexity index is 205. The summed E-state index contributed by atoms with van der Waals surface area (Å²) >= 11 is 0. The van der Waals surface area contributed by atoms with E-state index in [-0.39, 0.29) is 12.2 Å². The number of hydrogen-bond acceptors (Lipinski definition) is 2. The SMILES string of the molecule is CC1(C)CC(C(=O)O)CC1=O. The van der Waals surface area contributed by atoms with Crippen molar-refractivity contribution in [2.75, 3.05) is 0 Å². The first-order valence-corrected chi connectivity index (χ1v) is 3.69. The molecule has 3 nitrogen and oxygen atoms in total. The Balaban J connectivity index is 2.72. The van der Waals surface area contributed by atoms with Crippen molar-refractivity contribution in [2.24, 2.45) is 11.3 Å². The van der Waals surface area contributed by atoms with Gasteiger partial charge in [0.2, 0.25) is 0 Å². The van der Waals surface area contributed by atoms with Crippen LogP contribution in [0.2, 0.25) is 0 Å². The maximum atomic E-state index is 11.1. The highest BCUT2D eigenvalue weighted by Gasteiger charge is 2.42. The van der Waals surface area contributed by atoms with E-state index in [0.29, 0.717) is 6.42 Å². The van der Waals surface area contributed by atoms with E-state index < -0.39 is 17.3 Å². The minimum atomic E-state index is -0.844. The molecule has 1 aliphatic rings. The summed E-state index contributed by atoms with van der Waals surface area (Å²) in [6.07, 6.45) is 0.698. The molecule has 0 aliphatic heterocycles. The average Bonchev–Trinajstić information content (AvgIpc) is 2.08. The van der Waals surface area contributed by atoms with Crippen LogP contribution in [0.25, 0.3) is 0 Å². The molecule has 1 aliphatic carbocycles. The zero-order chi connectivity index (χ0) is 8.65. The van der Waals surface area contributed by atoms with Crippen LogP contribution >= 0.6 is 0 Å². The summed E-state index contributed by atoms with van der Waals surface area (Å²) in [5, 5.41) is 8.61. The molecule has 0 aromatic heterocycles. The van der Waals surface area contributed by atoms with Crippen LogP contribution in [-0.4, -0.2) is 16.9 Å². The van der Waals surface area contributed by atoms with Gasteiger partial charge in [0, 0.05) is 11.8 Å². The van der Waals surface area contributed by atoms with Crippen LogP contribution in [0.1, 0.15) is 26.7 Å². The first kappa shape index (κ1) is 8.24. The summed E-state index contributed by atoms with van der Waals surface area (Å²) in [4.78, 5) is 21.6. The monoisotopic (exact) mass is 156 g/mol. The van der Waals surface area contributed by atoms with E-state index >= 15 is 0 Å². The molecule has 0 saturated heterocycles. The van der Waals surface area contributed by atoms with Gasteiger partial charge in [0.1, 0.15) is 5.78 Å². The van der Waals surface area contributed by atoms with Gasteiger partial charge in [-0.1, -0.05) is 13.8 Å². The second kappa shape index (κ2) is 2.32. The van der Waals surface area contributed by atoms with Gasteiger partial charge in [0.15, 0.2) is 0 Å². The van der Waals surface area contributed by atoms with Gasteiger partial charge in [-0.3, -0.25) is 9.59 Å². The van der Waals surface area contributed by atoms with Crippen molar-refractivity contribution in [1.82, 2.24) is 0 Å². The second-order valence-electron chi connectivity index (χ2n) is 3.75. The van der Waals surface area contributed by atoms with Crippen molar-refractivity contribution in [3.05, 3.63) is 0 Å². The zero-order valence-electron chi connectivity index (χ0n) is 6.76. The highest BCUT2D eigenvalue weighted by molar-refractivity contribution is 5.91. The van der Waals surface area contributed by atoms with Gasteiger partial charge in [0.05, 0.1) is 5.92 Å². The number of aliphatic carboxylic acids is 1. The smallest absolute Gasteiger partial charge is 0.306 e. The average molecular weight is 156 g/mol. The fourth-order valence-corrected chi connectivity index (χ4v) is 1.48. The zero-order valence-corrected chi connectivity index (χ0v) is 6.76. The lowest BCUT2D eigenvalue weighted by Gasteiger charge is -2.13. The predicted octanol–water partition coefficient (Wildman–Crippen LogP) is 1.08. The molecule has 0 amide bonds. The molecule has 0 radical (unpaired) electrons. The molecule has 1 saturated carbocycles. The Morgan fingerprint density at radius 2 is 2.18 bits per heavy atom. The van der Waals surface area contributed by atoms with E-state index in [9.17, 15) is 9.59 Å². The first-order chi connectivity index (χ1) is 4.93. The molecule has 62 valence electrons. The highest BCUT2D eigenvalue weighted by atomic mass is 16.4. The summed E-state index contributed by atoms with van der Waals surface area (Å²) in [5.41, 5.74) is -0.414. The minimum Gasteiger partial charge on any atom is -0.481 e. The number of carboxylic acids is 1. The van der Waals surface area contributed by atoms with Crippen LogP contribution in [0.15, 0.2) is 0 Å². The van der Waals surface area contributed by atoms with Crippen LogP contribution in [0.5, 0.6) is 0 Å². The van der Waals surface area contributed by atoms with Crippen LogP contribution in [0, 0.1) is 11.3 Å². The number of hydrogen-bond donors (Lipinski definition) is 1. The maximum Gasteiger partial charge on any atom is 0.306 e. The molecule has 3 heteroatoms. The molecule has 0 spiro atoms. The molecule has 1 N–H and O–H groups in total. The lowest BCUT2D eigenvalue weighted by molar-refractivity contribution is -0.142. The summed E-state index contributed by atoms with van der Waals surface area (Å²) in [7, 11) is 0. The quantitative estimate of drug-likeness (QED) is 0.618. The van der Waals surface area contributed by atoms with Gasteiger partial charge in [-0.15, -0.1) is 0 Å². The predicted molar refractivity (Wildman–Crippen MR) is 39.1 cm³/mol. The summed E-state index contributed by atoms with van der Waals surface area (Å²) in [5.74, 6) is -1.22. The third-order valence-electron chi connectivity index (χ3n) is 2.29. The van der Waals surface area contributed by atoms with Gasteiger partial charge >= 0.3 is 5.97 Å². The van der Waals surface area contributed by atoms with Gasteiger partial charge < -0.3 is 5.11 Å². The topological polar surface area (TPSA) is 54.4 Å². The lowest BCUT2D eigenvalue weighted by Crippen LogP contribution is -2.16. The number of carbonyl (C=O) groups excluding carboxylic acids is 1. The summed E-state index contributed by atoms with van der Waals surface area (Å²) < 4.78 is 0. The second-order valence-corrected chi connectivity index (χ2v) is 3.75. The Hall–Kier alpha value is -0.860. The molecule has 1 rings (SSSR count). The molecule has 0 heterocycles. The molecule has 0 bridgehead atoms. The van der Waals surface area contributed by atoms with Crippen molar-refractivity contribution in [1.29, 1.82) is 0 Å². The number of rotatable bonds is 1. The lowest BCUT2D eigenvalue weighted by atomic mass is 9.90. The van der Waals surface area contributed by atoms with Gasteiger partial charge in [-0.05, 0) is 6.42 Å². The molecule has 1 unspecified atom stereocenters. The largest absolute Gasteiger partial charge is 0.481 e. The third-order valence-corrected chi connectivity index (χ3v) is 2.29. The standard InChI is InChI=1S/C8H12O3/c1-8(2)4-5(7(10)11)3-6(8)9/h5H,3-4H2,1-2H3,(H,10,11). The van der Waals surface area contributed by atoms with Crippen molar-refractivity contribution in [2.45, 2.75) is 26.7 Å². The molecule has 1 atom stereocenters. The molecule has 1 fully saturated rings. The van der Waals surface area contributed by atoms with E-state index in [1.54, 1.807) is 13.8 Å². The third kappa shape index (κ3) is 1.42. The van der Waals surface area contributed by atoms with Crippen LogP contribution in [0.4, 0.5) is 0 Å². The number of ketones is 1. The Morgan fingerprint density at radius 1 is 1.64 bits per heavy atom. The Kier molecular flexibility index (Phi) is 1.74. The summed E-state index contributed by atoms with van der Waals surface area (Å²) in [6, 6.07) is 0. The Labute approximate surface area is 65.4 Å². The molecule has 11 heavy (non-hydrogen) atoms. The van der Waals surface area contributed by atoms with E-state index in [4.69, 9.17) is 5.11 Å². The number of Topliss-reactive ketones (excluding diaryl/α,β-unsaturated/α-hetero) is 1. The van der Waals surface area contributed by atoms with Gasteiger partial charge in [-0.25, -0.2) is 0 Å². The fourth-order valence-electron chi connectivity index (χ4n) is 1.48. The number of carboxylic acid groups (broad SMARTS) is 1. The molecular formula is C8H12O3. The molecule has 0 aromatic carbocycles. The normalized spacial score (nSPS) is 28.9. The number of carbonyl (C=O) groups is 2. The molecular weight excluding hydrogens is 144 g/mol. The van der Waals surface area contributed by atoms with E-state index in [1.165, 1.54) is 0 Å². The van der Waals surface area contributed by atoms with Crippen LogP contribution in [-0.2, 0) is 9.59 Å². The van der Waals surface area contributed by atoms with Crippen molar-refractivity contribution in [3.63, 3.8) is 0 Å². The van der Waals surface area contributed by atoms with Crippen molar-refractivity contribution < 1.29 is 14.7 Å². The van der Waals surface area contributed by atoms with Gasteiger partial charge in [-0.2, -0.15) is 0 Å². The van der Waals surface area contributed by atoms with Crippen molar-refractivity contribution in [3.8, 4) is 0 Å². The minimum absolute atomic E-state index is 0.0740. The summed E-state index contributed by atoms with van der Waals surface area (Å²) in [6.45, 7) is 3.61. The van der Waals surface area contributed by atoms with E-state index in [1.807, 2.05) is 0 Å². The Morgan fingerprint density at radius 3 is 2.36 bits per heavy atom. The van der Waals surface area contributed by atoms with E-state index in [2.05, 4.69) is 0 Å². The fraction of sp³-hybridized carbons (Fsp3) is 0.750. The van der Waals surface area contributed by atoms with E-state index in [0.717, 1.165) is 0 Å². The first-order valence-electron chi connectivity index (χ1n) is 3.69. The van der Waals surface area contributed by atoms with Gasteiger partial charge in [0.25, 0.3) is 0 Å². The highest BCUT2D eigenvalue weighted by Crippen LogP contribution is 2.37. The molecule has 0 aromatic rings. The maximum absolute atomic E-state index is 11.1. The van der Waals surface area contributed by atoms with Crippen molar-refractivity contribution >= 4 is 11.8 Å². The van der Waals surface area contributed by atoms with Crippen LogP contribution in [0.3, 0.4) is 0 Å². The van der Waals surface area contributed by atoms with Crippen LogP contribution < -0.4 is 0 Å².